The number of hydrogen-bond acceptors (Lipinski definition) is 4. The molecule has 8 heteroatoms. The van der Waals surface area contributed by atoms with E-state index in [1.165, 1.54) is 57.8 Å². The lowest BCUT2D eigenvalue weighted by atomic mass is 9.96. The number of hydrogen-bond donors (Lipinski definition) is 4. The summed E-state index contributed by atoms with van der Waals surface area (Å²) in [6.45, 7) is 2.66. The Morgan fingerprint density at radius 3 is 1.34 bits per heavy atom. The van der Waals surface area contributed by atoms with Crippen molar-refractivity contribution in [2.24, 2.45) is 17.2 Å². The van der Waals surface area contributed by atoms with E-state index in [1.807, 2.05) is 0 Å². The van der Waals surface area contributed by atoms with Crippen LogP contribution in [0.5, 0.6) is 0 Å². The highest BCUT2D eigenvalue weighted by Gasteiger charge is 2.22. The fourth-order valence-electron chi connectivity index (χ4n) is 3.66. The van der Waals surface area contributed by atoms with Gasteiger partial charge in [-0.05, 0) is 18.6 Å². The van der Waals surface area contributed by atoms with Crippen LogP contribution in [0, 0.1) is 0 Å². The van der Waals surface area contributed by atoms with E-state index in [0.717, 1.165) is 31.4 Å². The van der Waals surface area contributed by atoms with Gasteiger partial charge in [0.15, 0.2) is 0 Å². The molecule has 0 saturated heterocycles. The minimum atomic E-state index is -0.940. The average Bonchev–Trinajstić information content (AvgIpc) is 2.75. The summed E-state index contributed by atoms with van der Waals surface area (Å²) in [7, 11) is 0. The Morgan fingerprint density at radius 1 is 0.594 bits per heavy atom. The highest BCUT2D eigenvalue weighted by atomic mass is 16.2. The Balaban J connectivity index is 2.42. The molecule has 0 saturated carbocycles. The smallest absolute Gasteiger partial charge is 0.252 e. The molecule has 0 heterocycles. The monoisotopic (exact) mass is 446 g/mol. The number of nitrogens with two attached hydrogens (primary N) is 3. The zero-order chi connectivity index (χ0) is 23.9. The third-order valence-electron chi connectivity index (χ3n) is 5.51. The molecule has 0 atom stereocenters. The van der Waals surface area contributed by atoms with E-state index in [0.29, 0.717) is 6.54 Å². The maximum absolute atomic E-state index is 12.5. The van der Waals surface area contributed by atoms with Gasteiger partial charge in [-0.15, -0.1) is 0 Å². The molecule has 1 rings (SSSR count). The SMILES string of the molecule is CCCCCCCCCCCCCCNC(=O)c1cc(C(N)=O)c(C(N)=O)cc1C(N)=O. The number of benzene rings is 1. The molecule has 0 aliphatic heterocycles. The van der Waals surface area contributed by atoms with Gasteiger partial charge in [0.2, 0.25) is 17.7 Å². The van der Waals surface area contributed by atoms with Crippen LogP contribution in [0.4, 0.5) is 0 Å². The summed E-state index contributed by atoms with van der Waals surface area (Å²) < 4.78 is 0. The maximum atomic E-state index is 12.5. The van der Waals surface area contributed by atoms with Gasteiger partial charge in [0, 0.05) is 6.54 Å². The van der Waals surface area contributed by atoms with Crippen LogP contribution in [-0.4, -0.2) is 30.2 Å². The van der Waals surface area contributed by atoms with E-state index in [-0.39, 0.29) is 22.3 Å². The molecule has 0 unspecified atom stereocenters. The normalized spacial score (nSPS) is 10.7. The van der Waals surface area contributed by atoms with Crippen LogP contribution < -0.4 is 22.5 Å². The Morgan fingerprint density at radius 2 is 0.938 bits per heavy atom. The number of unbranched alkanes of at least 4 members (excludes halogenated alkanes) is 11. The third-order valence-corrected chi connectivity index (χ3v) is 5.51. The molecule has 1 aromatic rings. The zero-order valence-corrected chi connectivity index (χ0v) is 19.2. The van der Waals surface area contributed by atoms with Crippen LogP contribution in [0.2, 0.25) is 0 Å². The largest absolute Gasteiger partial charge is 0.366 e. The Kier molecular flexibility index (Phi) is 12.7. The zero-order valence-electron chi connectivity index (χ0n) is 19.2. The standard InChI is InChI=1S/C24H38N4O4/c1-2-3-4-5-6-7-8-9-10-11-12-13-14-28-24(32)20-16-18(22(26)30)17(21(25)29)15-19(20)23(27)31/h15-16H,2-14H2,1H3,(H2,25,29)(H2,26,30)(H2,27,31)(H,28,32). The molecule has 0 spiro atoms. The van der Waals surface area contributed by atoms with Gasteiger partial charge in [-0.3, -0.25) is 19.2 Å². The summed E-state index contributed by atoms with van der Waals surface area (Å²) in [6.07, 6.45) is 14.6. The first kappa shape index (κ1) is 27.1. The molecule has 0 fully saturated rings. The molecule has 0 bridgehead atoms. The molecule has 1 aromatic carbocycles. The Hall–Kier alpha value is -2.90. The van der Waals surface area contributed by atoms with Crippen molar-refractivity contribution in [1.82, 2.24) is 5.32 Å². The molecule has 4 amide bonds. The van der Waals surface area contributed by atoms with Crippen LogP contribution in [-0.2, 0) is 0 Å². The van der Waals surface area contributed by atoms with Gasteiger partial charge in [0.25, 0.3) is 5.91 Å². The van der Waals surface area contributed by atoms with Crippen LogP contribution in [0.3, 0.4) is 0 Å². The van der Waals surface area contributed by atoms with Gasteiger partial charge in [-0.2, -0.15) is 0 Å². The molecular weight excluding hydrogens is 408 g/mol. The molecule has 32 heavy (non-hydrogen) atoms. The van der Waals surface area contributed by atoms with Crippen LogP contribution >= 0.6 is 0 Å². The van der Waals surface area contributed by atoms with Crippen molar-refractivity contribution < 1.29 is 19.2 Å². The second-order valence-electron chi connectivity index (χ2n) is 8.18. The number of primary amides is 3. The van der Waals surface area contributed by atoms with E-state index >= 15 is 0 Å². The van der Waals surface area contributed by atoms with Gasteiger partial charge >= 0.3 is 0 Å². The van der Waals surface area contributed by atoms with Crippen molar-refractivity contribution in [3.8, 4) is 0 Å². The molecule has 8 nitrogen and oxygen atoms in total. The van der Waals surface area contributed by atoms with Crippen LogP contribution in [0.15, 0.2) is 12.1 Å². The molecule has 178 valence electrons. The second-order valence-corrected chi connectivity index (χ2v) is 8.18. The quantitative estimate of drug-likeness (QED) is 0.270. The Bertz CT molecular complexity index is 792. The number of rotatable bonds is 17. The molecule has 0 radical (unpaired) electrons. The summed E-state index contributed by atoms with van der Waals surface area (Å²) in [6, 6.07) is 2.14. The Labute approximate surface area is 190 Å². The van der Waals surface area contributed by atoms with Crippen molar-refractivity contribution in [2.75, 3.05) is 6.54 Å². The minimum Gasteiger partial charge on any atom is -0.366 e. The highest BCUT2D eigenvalue weighted by Crippen LogP contribution is 2.18. The molecular formula is C24H38N4O4. The van der Waals surface area contributed by atoms with E-state index in [2.05, 4.69) is 12.2 Å². The molecule has 0 aliphatic carbocycles. The van der Waals surface area contributed by atoms with Gasteiger partial charge in [-0.25, -0.2) is 0 Å². The van der Waals surface area contributed by atoms with E-state index in [1.54, 1.807) is 0 Å². The number of carbonyl (C=O) groups excluding carboxylic acids is 4. The molecule has 0 aromatic heterocycles. The fraction of sp³-hybridized carbons (Fsp3) is 0.583. The summed E-state index contributed by atoms with van der Waals surface area (Å²) in [5.74, 6) is -3.32. The number of carbonyl (C=O) groups is 4. The first-order valence-electron chi connectivity index (χ1n) is 11.6. The van der Waals surface area contributed by atoms with Crippen molar-refractivity contribution in [3.63, 3.8) is 0 Å². The number of amides is 4. The van der Waals surface area contributed by atoms with E-state index < -0.39 is 23.6 Å². The highest BCUT2D eigenvalue weighted by molar-refractivity contribution is 6.13. The first-order valence-corrected chi connectivity index (χ1v) is 11.6. The van der Waals surface area contributed by atoms with Crippen molar-refractivity contribution in [2.45, 2.75) is 84.0 Å². The van der Waals surface area contributed by atoms with E-state index in [9.17, 15) is 19.2 Å². The lowest BCUT2D eigenvalue weighted by Crippen LogP contribution is -2.30. The van der Waals surface area contributed by atoms with Crippen molar-refractivity contribution in [3.05, 3.63) is 34.4 Å². The molecule has 0 aliphatic rings. The lowest BCUT2D eigenvalue weighted by molar-refractivity contribution is 0.0932. The summed E-state index contributed by atoms with van der Waals surface area (Å²) >= 11 is 0. The van der Waals surface area contributed by atoms with Crippen molar-refractivity contribution >= 4 is 23.6 Å². The molecule has 7 N–H and O–H groups in total. The van der Waals surface area contributed by atoms with Crippen LogP contribution in [0.1, 0.15) is 125 Å². The topological polar surface area (TPSA) is 158 Å². The second kappa shape index (κ2) is 15.0. The van der Waals surface area contributed by atoms with Crippen LogP contribution in [0.25, 0.3) is 0 Å². The van der Waals surface area contributed by atoms with E-state index in [4.69, 9.17) is 17.2 Å². The van der Waals surface area contributed by atoms with Crippen molar-refractivity contribution in [1.29, 1.82) is 0 Å². The van der Waals surface area contributed by atoms with Gasteiger partial charge in [0.05, 0.1) is 22.3 Å². The third kappa shape index (κ3) is 9.49. The average molecular weight is 447 g/mol. The minimum absolute atomic E-state index is 0.102. The maximum Gasteiger partial charge on any atom is 0.252 e. The predicted molar refractivity (Wildman–Crippen MR) is 125 cm³/mol. The van der Waals surface area contributed by atoms with Gasteiger partial charge in [0.1, 0.15) is 0 Å². The lowest BCUT2D eigenvalue weighted by Gasteiger charge is -2.12. The predicted octanol–water partition coefficient (Wildman–Crippen LogP) is 3.41. The summed E-state index contributed by atoms with van der Waals surface area (Å²) in [4.78, 5) is 47.5. The number of nitrogens with one attached hydrogen (secondary N) is 1. The van der Waals surface area contributed by atoms with Gasteiger partial charge in [-0.1, -0.05) is 77.6 Å². The fourth-order valence-corrected chi connectivity index (χ4v) is 3.66. The first-order chi connectivity index (χ1) is 15.3. The van der Waals surface area contributed by atoms with Gasteiger partial charge < -0.3 is 22.5 Å². The summed E-state index contributed by atoms with van der Waals surface area (Å²) in [5.41, 5.74) is 15.1. The summed E-state index contributed by atoms with van der Waals surface area (Å²) in [5, 5.41) is 2.73.